The normalized spacial score (nSPS) is 19.4. The Balaban J connectivity index is 1.69. The van der Waals surface area contributed by atoms with E-state index in [1.54, 1.807) is 0 Å². The number of nitrogens with zero attached hydrogens (tertiary/aromatic N) is 3. The molecule has 4 rings (SSSR count). The molecule has 2 heterocycles. The maximum Gasteiger partial charge on any atom is 0.254 e. The number of aromatic nitrogens is 1. The van der Waals surface area contributed by atoms with Crippen molar-refractivity contribution in [2.45, 2.75) is 57.9 Å². The summed E-state index contributed by atoms with van der Waals surface area (Å²) in [6, 6.07) is 10.7. The predicted octanol–water partition coefficient (Wildman–Crippen LogP) is 4.88. The molecule has 0 atom stereocenters. The van der Waals surface area contributed by atoms with Crippen LogP contribution in [0.15, 0.2) is 30.3 Å². The molecule has 144 valence electrons. The first kappa shape index (κ1) is 18.3. The van der Waals surface area contributed by atoms with Crippen molar-refractivity contribution in [3.05, 3.63) is 35.9 Å². The van der Waals surface area contributed by atoms with Gasteiger partial charge in [-0.25, -0.2) is 4.98 Å². The Morgan fingerprint density at radius 1 is 1.07 bits per heavy atom. The molecule has 0 spiro atoms. The molecule has 2 aliphatic rings. The van der Waals surface area contributed by atoms with Crippen LogP contribution in [0.5, 0.6) is 0 Å². The van der Waals surface area contributed by atoms with E-state index in [1.165, 1.54) is 32.1 Å². The van der Waals surface area contributed by atoms with E-state index in [9.17, 15) is 4.79 Å². The Labute approximate surface area is 162 Å². The summed E-state index contributed by atoms with van der Waals surface area (Å²) >= 11 is 0. The van der Waals surface area contributed by atoms with Gasteiger partial charge in [-0.05, 0) is 43.7 Å². The summed E-state index contributed by atoms with van der Waals surface area (Å²) in [5.41, 5.74) is 1.74. The summed E-state index contributed by atoms with van der Waals surface area (Å²) in [5, 5.41) is 0.974. The van der Waals surface area contributed by atoms with Crippen LogP contribution in [0, 0.1) is 5.92 Å². The van der Waals surface area contributed by atoms with Crippen LogP contribution < -0.4 is 4.90 Å². The number of para-hydroxylation sites is 1. The number of anilines is 1. The summed E-state index contributed by atoms with van der Waals surface area (Å²) < 4.78 is 0. The maximum atomic E-state index is 13.4. The van der Waals surface area contributed by atoms with Gasteiger partial charge in [-0.3, -0.25) is 4.79 Å². The SMILES string of the molecule is CC1CCN(C(=O)c2cc(N(C)C3CCCCC3)nc3ccccc23)CC1. The summed E-state index contributed by atoms with van der Waals surface area (Å²) in [5.74, 6) is 1.82. The number of hydrogen-bond acceptors (Lipinski definition) is 3. The van der Waals surface area contributed by atoms with Gasteiger partial charge < -0.3 is 9.80 Å². The van der Waals surface area contributed by atoms with Crippen molar-refractivity contribution >= 4 is 22.6 Å². The fourth-order valence-electron chi connectivity index (χ4n) is 4.56. The van der Waals surface area contributed by atoms with Crippen molar-refractivity contribution in [3.8, 4) is 0 Å². The number of hydrogen-bond donors (Lipinski definition) is 0. The van der Waals surface area contributed by atoms with Gasteiger partial charge in [-0.1, -0.05) is 44.4 Å². The zero-order chi connectivity index (χ0) is 18.8. The first-order valence-corrected chi connectivity index (χ1v) is 10.6. The van der Waals surface area contributed by atoms with E-state index < -0.39 is 0 Å². The van der Waals surface area contributed by atoms with Crippen LogP contribution in [-0.2, 0) is 0 Å². The van der Waals surface area contributed by atoms with E-state index in [0.717, 1.165) is 54.1 Å². The molecule has 0 radical (unpaired) electrons. The number of fused-ring (bicyclic) bond motifs is 1. The Morgan fingerprint density at radius 2 is 1.78 bits per heavy atom. The third-order valence-electron chi connectivity index (χ3n) is 6.49. The molecule has 1 saturated heterocycles. The molecular weight excluding hydrogens is 334 g/mol. The lowest BCUT2D eigenvalue weighted by Crippen LogP contribution is -2.38. The second-order valence-electron chi connectivity index (χ2n) is 8.42. The Bertz CT molecular complexity index is 804. The smallest absolute Gasteiger partial charge is 0.254 e. The first-order chi connectivity index (χ1) is 13.1. The average molecular weight is 366 g/mol. The van der Waals surface area contributed by atoms with Gasteiger partial charge in [0.25, 0.3) is 5.91 Å². The van der Waals surface area contributed by atoms with Crippen molar-refractivity contribution in [1.29, 1.82) is 0 Å². The first-order valence-electron chi connectivity index (χ1n) is 10.6. The quantitative estimate of drug-likeness (QED) is 0.778. The minimum atomic E-state index is 0.166. The van der Waals surface area contributed by atoms with E-state index in [-0.39, 0.29) is 5.91 Å². The lowest BCUT2D eigenvalue weighted by atomic mass is 9.94. The Hall–Kier alpha value is -2.10. The van der Waals surface area contributed by atoms with Gasteiger partial charge in [-0.15, -0.1) is 0 Å². The van der Waals surface area contributed by atoms with Gasteiger partial charge in [0.15, 0.2) is 0 Å². The number of likely N-dealkylation sites (tertiary alicyclic amines) is 1. The minimum absolute atomic E-state index is 0.166. The molecule has 1 aliphatic heterocycles. The van der Waals surface area contributed by atoms with Crippen LogP contribution in [0.1, 0.15) is 62.2 Å². The zero-order valence-corrected chi connectivity index (χ0v) is 16.7. The number of carbonyl (C=O) groups is 1. The van der Waals surface area contributed by atoms with Gasteiger partial charge in [0.1, 0.15) is 5.82 Å². The van der Waals surface area contributed by atoms with Gasteiger partial charge in [-0.2, -0.15) is 0 Å². The van der Waals surface area contributed by atoms with Gasteiger partial charge in [0.2, 0.25) is 0 Å². The molecule has 2 fully saturated rings. The number of amides is 1. The molecule has 0 bridgehead atoms. The fraction of sp³-hybridized carbons (Fsp3) is 0.565. The standard InChI is InChI=1S/C23H31N3O/c1-17-12-14-26(15-13-17)23(27)20-16-22(24-21-11-7-6-10-19(20)21)25(2)18-8-4-3-5-9-18/h6-7,10-11,16-18H,3-5,8-9,12-15H2,1-2H3. The predicted molar refractivity (Wildman–Crippen MR) is 111 cm³/mol. The van der Waals surface area contributed by atoms with Crippen LogP contribution in [0.3, 0.4) is 0 Å². The molecule has 1 aromatic heterocycles. The number of piperidine rings is 1. The molecule has 1 saturated carbocycles. The lowest BCUT2D eigenvalue weighted by Gasteiger charge is -2.33. The highest BCUT2D eigenvalue weighted by molar-refractivity contribution is 6.07. The number of carbonyl (C=O) groups excluding carboxylic acids is 1. The van der Waals surface area contributed by atoms with Crippen LogP contribution in [-0.4, -0.2) is 42.0 Å². The summed E-state index contributed by atoms with van der Waals surface area (Å²) in [4.78, 5) is 22.6. The molecule has 27 heavy (non-hydrogen) atoms. The van der Waals surface area contributed by atoms with E-state index in [4.69, 9.17) is 4.98 Å². The lowest BCUT2D eigenvalue weighted by molar-refractivity contribution is 0.0699. The highest BCUT2D eigenvalue weighted by Gasteiger charge is 2.25. The second kappa shape index (κ2) is 7.87. The molecule has 4 nitrogen and oxygen atoms in total. The summed E-state index contributed by atoms with van der Waals surface area (Å²) in [6.07, 6.45) is 8.57. The highest BCUT2D eigenvalue weighted by atomic mass is 16.2. The Kier molecular flexibility index (Phi) is 5.33. The van der Waals surface area contributed by atoms with Crippen molar-refractivity contribution < 1.29 is 4.79 Å². The van der Waals surface area contributed by atoms with E-state index in [1.807, 2.05) is 35.2 Å². The number of rotatable bonds is 3. The average Bonchev–Trinajstić information content (AvgIpc) is 2.73. The van der Waals surface area contributed by atoms with Crippen molar-refractivity contribution in [3.63, 3.8) is 0 Å². The van der Waals surface area contributed by atoms with Crippen LogP contribution >= 0.6 is 0 Å². The van der Waals surface area contributed by atoms with E-state index in [2.05, 4.69) is 18.9 Å². The van der Waals surface area contributed by atoms with Gasteiger partial charge >= 0.3 is 0 Å². The second-order valence-corrected chi connectivity index (χ2v) is 8.42. The van der Waals surface area contributed by atoms with Crippen LogP contribution in [0.2, 0.25) is 0 Å². The molecule has 1 aliphatic carbocycles. The number of pyridine rings is 1. The largest absolute Gasteiger partial charge is 0.357 e. The minimum Gasteiger partial charge on any atom is -0.357 e. The third kappa shape index (κ3) is 3.80. The van der Waals surface area contributed by atoms with Gasteiger partial charge in [0, 0.05) is 31.6 Å². The molecule has 0 N–H and O–H groups in total. The summed E-state index contributed by atoms with van der Waals surface area (Å²) in [7, 11) is 2.14. The van der Waals surface area contributed by atoms with Crippen molar-refractivity contribution in [1.82, 2.24) is 9.88 Å². The van der Waals surface area contributed by atoms with Gasteiger partial charge in [0.05, 0.1) is 11.1 Å². The highest BCUT2D eigenvalue weighted by Crippen LogP contribution is 2.29. The molecule has 1 amide bonds. The van der Waals surface area contributed by atoms with E-state index >= 15 is 0 Å². The van der Waals surface area contributed by atoms with Crippen molar-refractivity contribution in [2.24, 2.45) is 5.92 Å². The topological polar surface area (TPSA) is 36.4 Å². The zero-order valence-electron chi connectivity index (χ0n) is 16.7. The monoisotopic (exact) mass is 365 g/mol. The molecule has 0 unspecified atom stereocenters. The molecule has 1 aromatic carbocycles. The number of benzene rings is 1. The molecule has 2 aromatic rings. The van der Waals surface area contributed by atoms with E-state index in [0.29, 0.717) is 6.04 Å². The fourth-order valence-corrected chi connectivity index (χ4v) is 4.56. The van der Waals surface area contributed by atoms with Crippen LogP contribution in [0.4, 0.5) is 5.82 Å². The Morgan fingerprint density at radius 3 is 2.52 bits per heavy atom. The molecular formula is C23H31N3O. The summed E-state index contributed by atoms with van der Waals surface area (Å²) in [6.45, 7) is 4.01. The molecule has 4 heteroatoms. The maximum absolute atomic E-state index is 13.4. The van der Waals surface area contributed by atoms with Crippen molar-refractivity contribution in [2.75, 3.05) is 25.0 Å². The third-order valence-corrected chi connectivity index (χ3v) is 6.49. The van der Waals surface area contributed by atoms with Crippen LogP contribution in [0.25, 0.3) is 10.9 Å².